The van der Waals surface area contributed by atoms with E-state index in [9.17, 15) is 9.18 Å². The third-order valence-corrected chi connectivity index (χ3v) is 5.43. The van der Waals surface area contributed by atoms with E-state index in [1.165, 1.54) is 6.07 Å². The van der Waals surface area contributed by atoms with Gasteiger partial charge in [-0.3, -0.25) is 4.79 Å². The standard InChI is InChI=1S/C22H24FN3O/c1-25-20-6-8-21(9-7-20)26(15-27)14-19-12-18(5-10-22(19)23)17-4-2-3-16(11-17)13-24/h2-5,10-12,15,20-21,25H,6-9,14H2,1H3/t20-,21-. The van der Waals surface area contributed by atoms with Crippen LogP contribution in [-0.4, -0.2) is 30.4 Å². The number of nitrogens with zero attached hydrogens (tertiary/aromatic N) is 2. The van der Waals surface area contributed by atoms with Gasteiger partial charge in [0.25, 0.3) is 0 Å². The van der Waals surface area contributed by atoms with Gasteiger partial charge in [0, 0.05) is 24.2 Å². The molecule has 1 aliphatic rings. The first-order chi connectivity index (χ1) is 13.1. The number of nitrogens with one attached hydrogen (secondary N) is 1. The predicted octanol–water partition coefficient (Wildman–Crippen LogP) is 3.85. The van der Waals surface area contributed by atoms with Gasteiger partial charge < -0.3 is 10.2 Å². The molecule has 0 bridgehead atoms. The molecule has 0 radical (unpaired) electrons. The van der Waals surface area contributed by atoms with Crippen LogP contribution in [0.2, 0.25) is 0 Å². The molecule has 3 rings (SSSR count). The molecule has 5 heteroatoms. The van der Waals surface area contributed by atoms with Gasteiger partial charge in [-0.2, -0.15) is 5.26 Å². The highest BCUT2D eigenvalue weighted by molar-refractivity contribution is 5.66. The molecule has 1 saturated carbocycles. The fourth-order valence-corrected chi connectivity index (χ4v) is 3.79. The van der Waals surface area contributed by atoms with Crippen LogP contribution in [0.5, 0.6) is 0 Å². The van der Waals surface area contributed by atoms with E-state index >= 15 is 0 Å². The molecule has 0 atom stereocenters. The Morgan fingerprint density at radius 3 is 2.59 bits per heavy atom. The molecular formula is C22H24FN3O. The Hall–Kier alpha value is -2.71. The van der Waals surface area contributed by atoms with Gasteiger partial charge in [0.1, 0.15) is 5.82 Å². The summed E-state index contributed by atoms with van der Waals surface area (Å²) in [5.74, 6) is -0.314. The van der Waals surface area contributed by atoms with Crippen molar-refractivity contribution in [1.29, 1.82) is 5.26 Å². The molecule has 2 aromatic rings. The molecule has 1 amide bonds. The second-order valence-electron chi connectivity index (χ2n) is 7.07. The lowest BCUT2D eigenvalue weighted by molar-refractivity contribution is -0.121. The van der Waals surface area contributed by atoms with Gasteiger partial charge in [-0.1, -0.05) is 18.2 Å². The van der Waals surface area contributed by atoms with Gasteiger partial charge in [-0.05, 0) is 68.1 Å². The lowest BCUT2D eigenvalue weighted by Gasteiger charge is -2.34. The maximum atomic E-state index is 14.4. The highest BCUT2D eigenvalue weighted by Gasteiger charge is 2.25. The summed E-state index contributed by atoms with van der Waals surface area (Å²) in [6, 6.07) is 14.9. The molecule has 0 unspecified atom stereocenters. The summed E-state index contributed by atoms with van der Waals surface area (Å²) in [6.45, 7) is 0.260. The van der Waals surface area contributed by atoms with Crippen molar-refractivity contribution in [3.8, 4) is 17.2 Å². The summed E-state index contributed by atoms with van der Waals surface area (Å²) in [5, 5.41) is 12.4. The maximum absolute atomic E-state index is 14.4. The SMILES string of the molecule is CN[C@H]1CC[C@H](N(C=O)Cc2cc(-c3cccc(C#N)c3)ccc2F)CC1. The lowest BCUT2D eigenvalue weighted by Crippen LogP contribution is -2.40. The minimum Gasteiger partial charge on any atom is -0.338 e. The van der Waals surface area contributed by atoms with E-state index in [1.54, 1.807) is 29.2 Å². The van der Waals surface area contributed by atoms with Crippen molar-refractivity contribution >= 4 is 6.41 Å². The van der Waals surface area contributed by atoms with E-state index in [4.69, 9.17) is 5.26 Å². The monoisotopic (exact) mass is 365 g/mol. The molecule has 0 heterocycles. The van der Waals surface area contributed by atoms with Gasteiger partial charge >= 0.3 is 0 Å². The minimum absolute atomic E-state index is 0.150. The zero-order chi connectivity index (χ0) is 19.2. The summed E-state index contributed by atoms with van der Waals surface area (Å²) in [4.78, 5) is 13.4. The topological polar surface area (TPSA) is 56.1 Å². The smallest absolute Gasteiger partial charge is 0.210 e. The molecule has 1 N–H and O–H groups in total. The van der Waals surface area contributed by atoms with Crippen molar-refractivity contribution in [2.24, 2.45) is 0 Å². The average molecular weight is 365 g/mol. The summed E-state index contributed by atoms with van der Waals surface area (Å²) in [7, 11) is 1.96. The first-order valence-electron chi connectivity index (χ1n) is 9.32. The second-order valence-corrected chi connectivity index (χ2v) is 7.07. The number of amides is 1. The van der Waals surface area contributed by atoms with E-state index in [-0.39, 0.29) is 18.4 Å². The van der Waals surface area contributed by atoms with Crippen molar-refractivity contribution in [2.45, 2.75) is 44.3 Å². The van der Waals surface area contributed by atoms with E-state index < -0.39 is 0 Å². The van der Waals surface area contributed by atoms with Gasteiger partial charge in [-0.15, -0.1) is 0 Å². The first kappa shape index (κ1) is 19.1. The Morgan fingerprint density at radius 2 is 1.93 bits per heavy atom. The molecule has 0 spiro atoms. The lowest BCUT2D eigenvalue weighted by atomic mass is 9.90. The number of nitriles is 1. The summed E-state index contributed by atoms with van der Waals surface area (Å²) in [5.41, 5.74) is 2.77. The second kappa shape index (κ2) is 8.79. The van der Waals surface area contributed by atoms with Gasteiger partial charge in [0.2, 0.25) is 6.41 Å². The van der Waals surface area contributed by atoms with Crippen molar-refractivity contribution in [3.63, 3.8) is 0 Å². The van der Waals surface area contributed by atoms with E-state index in [2.05, 4.69) is 11.4 Å². The Balaban J connectivity index is 1.79. The van der Waals surface area contributed by atoms with Crippen LogP contribution in [0.3, 0.4) is 0 Å². The quantitative estimate of drug-likeness (QED) is 0.791. The molecule has 4 nitrogen and oxygen atoms in total. The number of halogens is 1. The number of hydrogen-bond donors (Lipinski definition) is 1. The predicted molar refractivity (Wildman–Crippen MR) is 103 cm³/mol. The fraction of sp³-hybridized carbons (Fsp3) is 0.364. The van der Waals surface area contributed by atoms with Crippen molar-refractivity contribution in [3.05, 3.63) is 59.4 Å². The number of carbonyl (C=O) groups is 1. The van der Waals surface area contributed by atoms with Gasteiger partial charge in [-0.25, -0.2) is 4.39 Å². The number of benzene rings is 2. The Kier molecular flexibility index (Phi) is 6.20. The van der Waals surface area contributed by atoms with E-state index in [0.717, 1.165) is 43.2 Å². The summed E-state index contributed by atoms with van der Waals surface area (Å²) < 4.78 is 14.4. The molecule has 1 fully saturated rings. The molecular weight excluding hydrogens is 341 g/mol. The van der Waals surface area contributed by atoms with Gasteiger partial charge in [0.05, 0.1) is 11.6 Å². The average Bonchev–Trinajstić information content (AvgIpc) is 2.73. The Bertz CT molecular complexity index is 838. The van der Waals surface area contributed by atoms with Crippen molar-refractivity contribution in [2.75, 3.05) is 7.05 Å². The van der Waals surface area contributed by atoms with Crippen LogP contribution in [0.25, 0.3) is 11.1 Å². The number of rotatable bonds is 6. The maximum Gasteiger partial charge on any atom is 0.210 e. The first-order valence-corrected chi connectivity index (χ1v) is 9.32. The van der Waals surface area contributed by atoms with Gasteiger partial charge in [0.15, 0.2) is 0 Å². The molecule has 0 aromatic heterocycles. The molecule has 27 heavy (non-hydrogen) atoms. The van der Waals surface area contributed by atoms with Crippen LogP contribution < -0.4 is 5.32 Å². The number of carbonyl (C=O) groups excluding carboxylic acids is 1. The highest BCUT2D eigenvalue weighted by Crippen LogP contribution is 2.27. The van der Waals surface area contributed by atoms with E-state index in [0.29, 0.717) is 17.2 Å². The molecule has 140 valence electrons. The minimum atomic E-state index is -0.314. The Labute approximate surface area is 159 Å². The highest BCUT2D eigenvalue weighted by atomic mass is 19.1. The van der Waals surface area contributed by atoms with Crippen molar-refractivity contribution < 1.29 is 9.18 Å². The van der Waals surface area contributed by atoms with Crippen LogP contribution in [0, 0.1) is 17.1 Å². The van der Waals surface area contributed by atoms with Crippen LogP contribution in [0.1, 0.15) is 36.8 Å². The molecule has 0 aliphatic heterocycles. The van der Waals surface area contributed by atoms with Crippen molar-refractivity contribution in [1.82, 2.24) is 10.2 Å². The Morgan fingerprint density at radius 1 is 1.19 bits per heavy atom. The summed E-state index contributed by atoms with van der Waals surface area (Å²) in [6.07, 6.45) is 4.74. The molecule has 1 aliphatic carbocycles. The molecule has 2 aromatic carbocycles. The third kappa shape index (κ3) is 4.53. The largest absolute Gasteiger partial charge is 0.338 e. The summed E-state index contributed by atoms with van der Waals surface area (Å²) >= 11 is 0. The number of hydrogen-bond acceptors (Lipinski definition) is 3. The van der Waals surface area contributed by atoms with Crippen LogP contribution in [0.4, 0.5) is 4.39 Å². The normalized spacial score (nSPS) is 19.3. The zero-order valence-electron chi connectivity index (χ0n) is 15.5. The van der Waals surface area contributed by atoms with Crippen LogP contribution >= 0.6 is 0 Å². The zero-order valence-corrected chi connectivity index (χ0v) is 15.5. The van der Waals surface area contributed by atoms with E-state index in [1.807, 2.05) is 19.2 Å². The molecule has 0 saturated heterocycles. The third-order valence-electron chi connectivity index (χ3n) is 5.43. The van der Waals surface area contributed by atoms with Crippen LogP contribution in [0.15, 0.2) is 42.5 Å². The fourth-order valence-electron chi connectivity index (χ4n) is 3.79. The van der Waals surface area contributed by atoms with Crippen LogP contribution in [-0.2, 0) is 11.3 Å².